The summed E-state index contributed by atoms with van der Waals surface area (Å²) in [7, 11) is 0. The first-order valence-corrected chi connectivity index (χ1v) is 7.01. The van der Waals surface area contributed by atoms with E-state index in [2.05, 4.69) is 10.3 Å². The van der Waals surface area contributed by atoms with E-state index in [1.54, 1.807) is 17.4 Å². The predicted molar refractivity (Wildman–Crippen MR) is 76.3 cm³/mol. The third-order valence-corrected chi connectivity index (χ3v) is 3.62. The Bertz CT molecular complexity index is 553. The summed E-state index contributed by atoms with van der Waals surface area (Å²) in [5.74, 6) is -0.142. The highest BCUT2D eigenvalue weighted by Gasteiger charge is 2.11. The van der Waals surface area contributed by atoms with E-state index in [-0.39, 0.29) is 12.5 Å². The minimum absolute atomic E-state index is 0.0782. The largest absolute Gasteiger partial charge is 0.396 e. The number of rotatable bonds is 5. The van der Waals surface area contributed by atoms with Crippen LogP contribution in [0.25, 0.3) is 10.6 Å². The van der Waals surface area contributed by atoms with E-state index in [0.717, 1.165) is 10.6 Å². The molecule has 2 heterocycles. The molecule has 2 N–H and O–H groups in total. The summed E-state index contributed by atoms with van der Waals surface area (Å²) in [5.41, 5.74) is 2.19. The lowest BCUT2D eigenvalue weighted by Crippen LogP contribution is -2.26. The number of aliphatic hydroxyl groups is 1. The number of pyridine rings is 1. The summed E-state index contributed by atoms with van der Waals surface area (Å²) in [6.07, 6.45) is 0.561. The molecule has 0 aliphatic carbocycles. The number of carbonyl (C=O) groups is 1. The third-order valence-electron chi connectivity index (χ3n) is 2.72. The normalized spacial score (nSPS) is 10.4. The zero-order valence-electron chi connectivity index (χ0n) is 10.7. The van der Waals surface area contributed by atoms with Gasteiger partial charge in [0, 0.05) is 13.2 Å². The van der Waals surface area contributed by atoms with Crippen molar-refractivity contribution < 1.29 is 9.90 Å². The van der Waals surface area contributed by atoms with Crippen molar-refractivity contribution in [2.75, 3.05) is 13.2 Å². The molecular formula is C14H16N2O2S. The predicted octanol–water partition coefficient (Wildman–Crippen LogP) is 2.23. The third kappa shape index (κ3) is 3.39. The Labute approximate surface area is 116 Å². The number of nitrogens with zero attached hydrogens (tertiary/aromatic N) is 1. The van der Waals surface area contributed by atoms with E-state index in [4.69, 9.17) is 5.11 Å². The van der Waals surface area contributed by atoms with Gasteiger partial charge >= 0.3 is 0 Å². The van der Waals surface area contributed by atoms with Crippen molar-refractivity contribution in [3.63, 3.8) is 0 Å². The van der Waals surface area contributed by atoms with Crippen molar-refractivity contribution in [2.24, 2.45) is 0 Å². The van der Waals surface area contributed by atoms with Crippen molar-refractivity contribution in [3.05, 3.63) is 40.9 Å². The Balaban J connectivity index is 2.13. The van der Waals surface area contributed by atoms with Crippen LogP contribution in [0.4, 0.5) is 0 Å². The molecule has 0 bridgehead atoms. The first-order valence-electron chi connectivity index (χ1n) is 6.13. The van der Waals surface area contributed by atoms with Gasteiger partial charge in [0.15, 0.2) is 0 Å². The highest BCUT2D eigenvalue weighted by Crippen LogP contribution is 2.23. The number of nitrogens with one attached hydrogen (secondary N) is 1. The van der Waals surface area contributed by atoms with Crippen LogP contribution in [0.2, 0.25) is 0 Å². The Kier molecular flexibility index (Phi) is 4.65. The highest BCUT2D eigenvalue weighted by molar-refractivity contribution is 7.13. The van der Waals surface area contributed by atoms with E-state index < -0.39 is 0 Å². The van der Waals surface area contributed by atoms with Crippen LogP contribution in [0.1, 0.15) is 22.5 Å². The van der Waals surface area contributed by atoms with Crippen LogP contribution in [0.15, 0.2) is 29.6 Å². The van der Waals surface area contributed by atoms with Gasteiger partial charge in [-0.15, -0.1) is 11.3 Å². The molecule has 0 aliphatic rings. The van der Waals surface area contributed by atoms with Gasteiger partial charge in [-0.05, 0) is 36.9 Å². The molecule has 0 atom stereocenters. The molecule has 2 rings (SSSR count). The first-order chi connectivity index (χ1) is 9.22. The SMILES string of the molecule is Cc1nc(-c2cccs2)ccc1C(=O)NCCCO. The topological polar surface area (TPSA) is 62.2 Å². The zero-order valence-corrected chi connectivity index (χ0v) is 11.5. The van der Waals surface area contributed by atoms with Crippen molar-refractivity contribution in [3.8, 4) is 10.6 Å². The van der Waals surface area contributed by atoms with E-state index in [9.17, 15) is 4.79 Å². The Morgan fingerprint density at radius 1 is 1.42 bits per heavy atom. The van der Waals surface area contributed by atoms with Gasteiger partial charge in [-0.2, -0.15) is 0 Å². The summed E-state index contributed by atoms with van der Waals surface area (Å²) in [6, 6.07) is 7.64. The van der Waals surface area contributed by atoms with Gasteiger partial charge in [0.05, 0.1) is 21.8 Å². The average Bonchev–Trinajstić information content (AvgIpc) is 2.92. The molecule has 0 aromatic carbocycles. The number of aromatic nitrogens is 1. The fourth-order valence-corrected chi connectivity index (χ4v) is 2.43. The summed E-state index contributed by atoms with van der Waals surface area (Å²) in [4.78, 5) is 17.5. The average molecular weight is 276 g/mol. The van der Waals surface area contributed by atoms with E-state index in [1.165, 1.54) is 0 Å². The van der Waals surface area contributed by atoms with Gasteiger partial charge in [0.1, 0.15) is 0 Å². The van der Waals surface area contributed by atoms with Crippen LogP contribution >= 0.6 is 11.3 Å². The second kappa shape index (κ2) is 6.45. The minimum atomic E-state index is -0.142. The Morgan fingerprint density at radius 3 is 2.89 bits per heavy atom. The Hall–Kier alpha value is -1.72. The number of thiophene rings is 1. The van der Waals surface area contributed by atoms with Gasteiger partial charge in [0.2, 0.25) is 0 Å². The first kappa shape index (κ1) is 13.7. The summed E-state index contributed by atoms with van der Waals surface area (Å²) in [6.45, 7) is 2.38. The van der Waals surface area contributed by atoms with Gasteiger partial charge < -0.3 is 10.4 Å². The van der Waals surface area contributed by atoms with Gasteiger partial charge in [0.25, 0.3) is 5.91 Å². The molecule has 0 saturated carbocycles. The summed E-state index contributed by atoms with van der Waals surface area (Å²) >= 11 is 1.63. The molecule has 1 amide bonds. The number of amides is 1. The molecule has 100 valence electrons. The fraction of sp³-hybridized carbons (Fsp3) is 0.286. The second-order valence-electron chi connectivity index (χ2n) is 4.14. The lowest BCUT2D eigenvalue weighted by molar-refractivity contribution is 0.0950. The van der Waals surface area contributed by atoms with Crippen LogP contribution in [-0.2, 0) is 0 Å². The van der Waals surface area contributed by atoms with Crippen LogP contribution in [0.5, 0.6) is 0 Å². The summed E-state index contributed by atoms with van der Waals surface area (Å²) < 4.78 is 0. The maximum atomic E-state index is 11.9. The standard InChI is InChI=1S/C14H16N2O2S/c1-10-11(14(18)15-7-3-8-17)5-6-12(16-10)13-4-2-9-19-13/h2,4-6,9,17H,3,7-8H2,1H3,(H,15,18). The fourth-order valence-electron chi connectivity index (χ4n) is 1.74. The zero-order chi connectivity index (χ0) is 13.7. The van der Waals surface area contributed by atoms with Gasteiger partial charge in [-0.25, -0.2) is 0 Å². The lowest BCUT2D eigenvalue weighted by atomic mass is 10.1. The molecule has 0 unspecified atom stereocenters. The molecule has 0 spiro atoms. The molecule has 5 heteroatoms. The molecule has 0 radical (unpaired) electrons. The molecular weight excluding hydrogens is 260 g/mol. The van der Waals surface area contributed by atoms with E-state index in [1.807, 2.05) is 30.5 Å². The van der Waals surface area contributed by atoms with Crippen molar-refractivity contribution in [1.29, 1.82) is 0 Å². The number of hydrogen-bond acceptors (Lipinski definition) is 4. The van der Waals surface area contributed by atoms with Crippen LogP contribution in [0, 0.1) is 6.92 Å². The van der Waals surface area contributed by atoms with Gasteiger partial charge in [-0.3, -0.25) is 9.78 Å². The highest BCUT2D eigenvalue weighted by atomic mass is 32.1. The van der Waals surface area contributed by atoms with Crippen LogP contribution in [0.3, 0.4) is 0 Å². The number of aliphatic hydroxyl groups excluding tert-OH is 1. The van der Waals surface area contributed by atoms with Crippen molar-refractivity contribution in [1.82, 2.24) is 10.3 Å². The van der Waals surface area contributed by atoms with Crippen LogP contribution in [-0.4, -0.2) is 29.1 Å². The van der Waals surface area contributed by atoms with Crippen molar-refractivity contribution in [2.45, 2.75) is 13.3 Å². The molecule has 0 aliphatic heterocycles. The maximum Gasteiger partial charge on any atom is 0.253 e. The number of carbonyl (C=O) groups excluding carboxylic acids is 1. The quantitative estimate of drug-likeness (QED) is 0.823. The van der Waals surface area contributed by atoms with Crippen LogP contribution < -0.4 is 5.32 Å². The smallest absolute Gasteiger partial charge is 0.253 e. The molecule has 2 aromatic heterocycles. The van der Waals surface area contributed by atoms with Gasteiger partial charge in [-0.1, -0.05) is 6.07 Å². The lowest BCUT2D eigenvalue weighted by Gasteiger charge is -2.07. The number of aryl methyl sites for hydroxylation is 1. The van der Waals surface area contributed by atoms with E-state index >= 15 is 0 Å². The van der Waals surface area contributed by atoms with E-state index in [0.29, 0.717) is 24.2 Å². The molecule has 0 saturated heterocycles. The minimum Gasteiger partial charge on any atom is -0.396 e. The molecule has 4 nitrogen and oxygen atoms in total. The molecule has 0 fully saturated rings. The molecule has 2 aromatic rings. The van der Waals surface area contributed by atoms with Crippen molar-refractivity contribution >= 4 is 17.2 Å². The number of hydrogen-bond donors (Lipinski definition) is 2. The summed E-state index contributed by atoms with van der Waals surface area (Å²) in [5, 5.41) is 13.4. The molecule has 19 heavy (non-hydrogen) atoms. The Morgan fingerprint density at radius 2 is 2.26 bits per heavy atom. The maximum absolute atomic E-state index is 11.9. The monoisotopic (exact) mass is 276 g/mol. The second-order valence-corrected chi connectivity index (χ2v) is 5.09.